The van der Waals surface area contributed by atoms with E-state index in [0.29, 0.717) is 12.1 Å². The average Bonchev–Trinajstić information content (AvgIpc) is 3.14. The number of aryl methyl sites for hydroxylation is 1. The number of carbonyl (C=O) groups excluding carboxylic acids is 1. The Balaban J connectivity index is 1.65. The normalized spacial score (nSPS) is 21.0. The molecule has 1 fully saturated rings. The maximum atomic E-state index is 13.6. The van der Waals surface area contributed by atoms with Crippen LogP contribution in [0.2, 0.25) is 0 Å². The summed E-state index contributed by atoms with van der Waals surface area (Å²) < 4.78 is 15.3. The van der Waals surface area contributed by atoms with Gasteiger partial charge in [0, 0.05) is 44.4 Å². The minimum absolute atomic E-state index is 0.0536. The molecule has 1 amide bonds. The van der Waals surface area contributed by atoms with Gasteiger partial charge < -0.3 is 10.6 Å². The molecule has 0 saturated carbocycles. The van der Waals surface area contributed by atoms with E-state index in [1.165, 1.54) is 6.07 Å². The van der Waals surface area contributed by atoms with Crippen LogP contribution in [0.1, 0.15) is 17.0 Å². The lowest BCUT2D eigenvalue weighted by Crippen LogP contribution is -2.34. The average molecular weight is 302 g/mol. The Kier molecular flexibility index (Phi) is 4.20. The standard InChI is InChI=1S/C16H19FN4O/c1-21-10-12(7-20-21)13-8-18-9-14(13)16(22)19-6-11-4-2-3-5-15(11)17/h2-5,7,10,13-14,18H,6,8-9H2,1H3,(H,19,22)/t13-,14+/m1/s1. The van der Waals surface area contributed by atoms with E-state index in [0.717, 1.165) is 12.1 Å². The molecule has 2 N–H and O–H groups in total. The fraction of sp³-hybridized carbons (Fsp3) is 0.375. The zero-order valence-corrected chi connectivity index (χ0v) is 12.4. The van der Waals surface area contributed by atoms with E-state index in [1.807, 2.05) is 13.2 Å². The van der Waals surface area contributed by atoms with Crippen LogP contribution in [0.15, 0.2) is 36.7 Å². The molecule has 2 atom stereocenters. The third-order valence-corrected chi connectivity index (χ3v) is 4.11. The highest BCUT2D eigenvalue weighted by atomic mass is 19.1. The molecule has 1 aliphatic heterocycles. The van der Waals surface area contributed by atoms with Crippen molar-refractivity contribution in [1.29, 1.82) is 0 Å². The molecule has 0 radical (unpaired) electrons. The monoisotopic (exact) mass is 302 g/mol. The van der Waals surface area contributed by atoms with E-state index in [-0.39, 0.29) is 30.1 Å². The second-order valence-electron chi connectivity index (χ2n) is 5.63. The van der Waals surface area contributed by atoms with Crippen molar-refractivity contribution in [2.45, 2.75) is 12.5 Å². The number of nitrogens with one attached hydrogen (secondary N) is 2. The van der Waals surface area contributed by atoms with E-state index >= 15 is 0 Å². The second-order valence-corrected chi connectivity index (χ2v) is 5.63. The lowest BCUT2D eigenvalue weighted by molar-refractivity contribution is -0.125. The minimum atomic E-state index is -0.295. The molecule has 5 nitrogen and oxygen atoms in total. The number of carbonyl (C=O) groups is 1. The van der Waals surface area contributed by atoms with Crippen LogP contribution in [-0.2, 0) is 18.4 Å². The number of rotatable bonds is 4. The number of hydrogen-bond donors (Lipinski definition) is 2. The molecular formula is C16H19FN4O. The van der Waals surface area contributed by atoms with Gasteiger partial charge in [-0.05, 0) is 11.6 Å². The summed E-state index contributed by atoms with van der Waals surface area (Å²) in [6.45, 7) is 1.59. The van der Waals surface area contributed by atoms with Gasteiger partial charge in [-0.3, -0.25) is 9.48 Å². The van der Waals surface area contributed by atoms with E-state index in [2.05, 4.69) is 15.7 Å². The van der Waals surface area contributed by atoms with Gasteiger partial charge in [0.25, 0.3) is 0 Å². The Bertz CT molecular complexity index is 670. The van der Waals surface area contributed by atoms with E-state index in [4.69, 9.17) is 0 Å². The van der Waals surface area contributed by atoms with Crippen molar-refractivity contribution in [2.24, 2.45) is 13.0 Å². The van der Waals surface area contributed by atoms with Gasteiger partial charge in [-0.1, -0.05) is 18.2 Å². The first kappa shape index (κ1) is 14.7. The minimum Gasteiger partial charge on any atom is -0.352 e. The van der Waals surface area contributed by atoms with Crippen molar-refractivity contribution in [2.75, 3.05) is 13.1 Å². The van der Waals surface area contributed by atoms with Gasteiger partial charge in [0.15, 0.2) is 0 Å². The molecule has 1 aromatic heterocycles. The third kappa shape index (κ3) is 3.01. The summed E-state index contributed by atoms with van der Waals surface area (Å²) in [5.74, 6) is -0.399. The molecular weight excluding hydrogens is 283 g/mol. The zero-order valence-electron chi connectivity index (χ0n) is 12.4. The van der Waals surface area contributed by atoms with Gasteiger partial charge in [-0.25, -0.2) is 4.39 Å². The number of benzene rings is 1. The largest absolute Gasteiger partial charge is 0.352 e. The highest BCUT2D eigenvalue weighted by Gasteiger charge is 2.34. The van der Waals surface area contributed by atoms with Gasteiger partial charge in [-0.15, -0.1) is 0 Å². The summed E-state index contributed by atoms with van der Waals surface area (Å²) in [6, 6.07) is 6.48. The maximum Gasteiger partial charge on any atom is 0.225 e. The molecule has 1 aromatic carbocycles. The SMILES string of the molecule is Cn1cc([C@H]2CNC[C@@H]2C(=O)NCc2ccccc2F)cn1. The Hall–Kier alpha value is -2.21. The fourth-order valence-electron chi connectivity index (χ4n) is 2.89. The first-order valence-electron chi connectivity index (χ1n) is 7.35. The van der Waals surface area contributed by atoms with E-state index in [1.54, 1.807) is 29.1 Å². The molecule has 1 saturated heterocycles. The van der Waals surface area contributed by atoms with Crippen molar-refractivity contribution in [3.8, 4) is 0 Å². The number of hydrogen-bond acceptors (Lipinski definition) is 3. The van der Waals surface area contributed by atoms with Crippen LogP contribution >= 0.6 is 0 Å². The summed E-state index contributed by atoms with van der Waals surface area (Å²) >= 11 is 0. The lowest BCUT2D eigenvalue weighted by Gasteiger charge is -2.17. The van der Waals surface area contributed by atoms with Crippen LogP contribution in [0.25, 0.3) is 0 Å². The molecule has 22 heavy (non-hydrogen) atoms. The molecule has 3 rings (SSSR count). The van der Waals surface area contributed by atoms with Crippen molar-refractivity contribution >= 4 is 5.91 Å². The molecule has 1 aliphatic rings. The molecule has 0 aliphatic carbocycles. The predicted octanol–water partition coefficient (Wildman–Crippen LogP) is 1.18. The molecule has 6 heteroatoms. The van der Waals surface area contributed by atoms with Crippen LogP contribution < -0.4 is 10.6 Å². The van der Waals surface area contributed by atoms with Gasteiger partial charge in [0.2, 0.25) is 5.91 Å². The van der Waals surface area contributed by atoms with Gasteiger partial charge in [-0.2, -0.15) is 5.10 Å². The summed E-state index contributed by atoms with van der Waals surface area (Å²) in [5, 5.41) is 10.3. The van der Waals surface area contributed by atoms with Gasteiger partial charge >= 0.3 is 0 Å². The second kappa shape index (κ2) is 6.27. The Morgan fingerprint density at radius 1 is 1.45 bits per heavy atom. The van der Waals surface area contributed by atoms with Crippen LogP contribution in [0.4, 0.5) is 4.39 Å². The topological polar surface area (TPSA) is 59.0 Å². The lowest BCUT2D eigenvalue weighted by atomic mass is 9.90. The van der Waals surface area contributed by atoms with Crippen molar-refractivity contribution < 1.29 is 9.18 Å². The molecule has 0 bridgehead atoms. The van der Waals surface area contributed by atoms with Crippen molar-refractivity contribution in [1.82, 2.24) is 20.4 Å². The Morgan fingerprint density at radius 3 is 3.00 bits per heavy atom. The number of amides is 1. The number of aromatic nitrogens is 2. The van der Waals surface area contributed by atoms with Crippen molar-refractivity contribution in [3.63, 3.8) is 0 Å². The Morgan fingerprint density at radius 2 is 2.27 bits per heavy atom. The molecule has 0 spiro atoms. The van der Waals surface area contributed by atoms with Crippen LogP contribution in [-0.4, -0.2) is 28.8 Å². The quantitative estimate of drug-likeness (QED) is 0.891. The van der Waals surface area contributed by atoms with Crippen molar-refractivity contribution in [3.05, 3.63) is 53.6 Å². The van der Waals surface area contributed by atoms with Gasteiger partial charge in [0.05, 0.1) is 12.1 Å². The smallest absolute Gasteiger partial charge is 0.225 e. The summed E-state index contributed by atoms with van der Waals surface area (Å²) in [7, 11) is 1.86. The maximum absolute atomic E-state index is 13.6. The molecule has 0 unspecified atom stereocenters. The number of nitrogens with zero attached hydrogens (tertiary/aromatic N) is 2. The molecule has 116 valence electrons. The molecule has 2 heterocycles. The van der Waals surface area contributed by atoms with E-state index < -0.39 is 0 Å². The molecule has 2 aromatic rings. The summed E-state index contributed by atoms with van der Waals surface area (Å²) in [4.78, 5) is 12.4. The number of halogens is 1. The van der Waals surface area contributed by atoms with Crippen LogP contribution in [0.3, 0.4) is 0 Å². The van der Waals surface area contributed by atoms with Crippen LogP contribution in [0, 0.1) is 11.7 Å². The zero-order chi connectivity index (χ0) is 15.5. The summed E-state index contributed by atoms with van der Waals surface area (Å²) in [5.41, 5.74) is 1.55. The fourth-order valence-corrected chi connectivity index (χ4v) is 2.89. The first-order chi connectivity index (χ1) is 10.6. The highest BCUT2D eigenvalue weighted by Crippen LogP contribution is 2.27. The van der Waals surface area contributed by atoms with Crippen LogP contribution in [0.5, 0.6) is 0 Å². The van der Waals surface area contributed by atoms with E-state index in [9.17, 15) is 9.18 Å². The Labute approximate surface area is 128 Å². The summed E-state index contributed by atoms with van der Waals surface area (Å²) in [6.07, 6.45) is 3.74. The predicted molar refractivity (Wildman–Crippen MR) is 80.6 cm³/mol. The third-order valence-electron chi connectivity index (χ3n) is 4.11. The van der Waals surface area contributed by atoms with Gasteiger partial charge in [0.1, 0.15) is 5.82 Å². The highest BCUT2D eigenvalue weighted by molar-refractivity contribution is 5.80. The first-order valence-corrected chi connectivity index (χ1v) is 7.35.